The van der Waals surface area contributed by atoms with Crippen molar-refractivity contribution in [3.63, 3.8) is 0 Å². The molecular formula is C15H16BrNO2S2. The van der Waals surface area contributed by atoms with Crippen LogP contribution in [-0.4, -0.2) is 21.2 Å². The van der Waals surface area contributed by atoms with Gasteiger partial charge in [-0.25, -0.2) is 8.42 Å². The first-order valence-electron chi connectivity index (χ1n) is 6.36. The van der Waals surface area contributed by atoms with Crippen molar-refractivity contribution in [3.8, 4) is 0 Å². The summed E-state index contributed by atoms with van der Waals surface area (Å²) in [4.78, 5) is 2.42. The van der Waals surface area contributed by atoms with Crippen LogP contribution in [0.4, 0.5) is 0 Å². The summed E-state index contributed by atoms with van der Waals surface area (Å²) in [5.74, 6) is 0. The SMILES string of the molecule is CS(=O)(=O)c1ccc(Sc2ccc(CCN)cc2Br)cc1. The molecule has 0 unspecified atom stereocenters. The molecule has 6 heteroatoms. The summed E-state index contributed by atoms with van der Waals surface area (Å²) in [6, 6.07) is 13.1. The fourth-order valence-electron chi connectivity index (χ4n) is 1.83. The van der Waals surface area contributed by atoms with Crippen molar-refractivity contribution in [2.75, 3.05) is 12.8 Å². The zero-order chi connectivity index (χ0) is 15.5. The molecule has 0 fully saturated rings. The van der Waals surface area contributed by atoms with Gasteiger partial charge in [-0.3, -0.25) is 0 Å². The Labute approximate surface area is 138 Å². The summed E-state index contributed by atoms with van der Waals surface area (Å²) in [6.07, 6.45) is 2.06. The fraction of sp³-hybridized carbons (Fsp3) is 0.200. The molecule has 0 saturated heterocycles. The zero-order valence-corrected chi connectivity index (χ0v) is 14.8. The normalized spacial score (nSPS) is 11.6. The van der Waals surface area contributed by atoms with E-state index in [4.69, 9.17) is 5.73 Å². The van der Waals surface area contributed by atoms with E-state index >= 15 is 0 Å². The lowest BCUT2D eigenvalue weighted by Gasteiger charge is -2.07. The van der Waals surface area contributed by atoms with E-state index in [2.05, 4.69) is 28.1 Å². The molecule has 2 aromatic carbocycles. The predicted molar refractivity (Wildman–Crippen MR) is 90.6 cm³/mol. The second-order valence-electron chi connectivity index (χ2n) is 4.65. The highest BCUT2D eigenvalue weighted by Gasteiger charge is 2.08. The molecule has 2 N–H and O–H groups in total. The Kier molecular flexibility index (Phi) is 5.48. The highest BCUT2D eigenvalue weighted by atomic mass is 79.9. The summed E-state index contributed by atoms with van der Waals surface area (Å²) >= 11 is 5.15. The number of benzene rings is 2. The largest absolute Gasteiger partial charge is 0.330 e. The summed E-state index contributed by atoms with van der Waals surface area (Å²) in [7, 11) is -3.14. The first kappa shape index (κ1) is 16.5. The van der Waals surface area contributed by atoms with Crippen molar-refractivity contribution in [2.24, 2.45) is 5.73 Å². The second-order valence-corrected chi connectivity index (χ2v) is 8.63. The van der Waals surface area contributed by atoms with Crippen molar-refractivity contribution in [1.29, 1.82) is 0 Å². The van der Waals surface area contributed by atoms with Crippen LogP contribution in [-0.2, 0) is 16.3 Å². The van der Waals surface area contributed by atoms with Gasteiger partial charge in [0.2, 0.25) is 0 Å². The maximum Gasteiger partial charge on any atom is 0.175 e. The molecule has 0 aromatic heterocycles. The van der Waals surface area contributed by atoms with Gasteiger partial charge in [-0.15, -0.1) is 0 Å². The van der Waals surface area contributed by atoms with Gasteiger partial charge in [0.05, 0.1) is 4.90 Å². The Morgan fingerprint density at radius 3 is 2.33 bits per heavy atom. The standard InChI is InChI=1S/C15H16BrNO2S2/c1-21(18,19)13-5-3-12(4-6-13)20-15-7-2-11(8-9-17)10-14(15)16/h2-7,10H,8-9,17H2,1H3. The zero-order valence-electron chi connectivity index (χ0n) is 11.5. The molecule has 2 rings (SSSR count). The second kappa shape index (κ2) is 6.96. The smallest absolute Gasteiger partial charge is 0.175 e. The molecule has 2 aromatic rings. The quantitative estimate of drug-likeness (QED) is 0.855. The Morgan fingerprint density at radius 1 is 1.14 bits per heavy atom. The van der Waals surface area contributed by atoms with Gasteiger partial charge in [-0.05, 0) is 70.9 Å². The van der Waals surface area contributed by atoms with Crippen molar-refractivity contribution in [1.82, 2.24) is 0 Å². The van der Waals surface area contributed by atoms with Crippen LogP contribution >= 0.6 is 27.7 Å². The Morgan fingerprint density at radius 2 is 1.81 bits per heavy atom. The number of halogens is 1. The third-order valence-electron chi connectivity index (χ3n) is 2.91. The molecule has 0 aliphatic heterocycles. The van der Waals surface area contributed by atoms with Gasteiger partial charge in [-0.2, -0.15) is 0 Å². The molecule has 0 aliphatic carbocycles. The van der Waals surface area contributed by atoms with Crippen LogP contribution in [0, 0.1) is 0 Å². The minimum atomic E-state index is -3.14. The lowest BCUT2D eigenvalue weighted by atomic mass is 10.2. The molecular weight excluding hydrogens is 370 g/mol. The number of nitrogens with two attached hydrogens (primary N) is 1. The lowest BCUT2D eigenvalue weighted by molar-refractivity contribution is 0.602. The highest BCUT2D eigenvalue weighted by molar-refractivity contribution is 9.10. The van der Waals surface area contributed by atoms with Crippen molar-refractivity contribution in [2.45, 2.75) is 21.1 Å². The van der Waals surface area contributed by atoms with Gasteiger partial charge >= 0.3 is 0 Å². The molecule has 0 atom stereocenters. The maximum atomic E-state index is 11.4. The molecule has 0 bridgehead atoms. The number of hydrogen-bond acceptors (Lipinski definition) is 4. The molecule has 3 nitrogen and oxygen atoms in total. The topological polar surface area (TPSA) is 60.2 Å². The predicted octanol–water partition coefficient (Wildman–Crippen LogP) is 3.51. The lowest BCUT2D eigenvalue weighted by Crippen LogP contribution is -2.02. The number of sulfone groups is 1. The average molecular weight is 386 g/mol. The Balaban J connectivity index is 2.18. The maximum absolute atomic E-state index is 11.4. The number of hydrogen-bond donors (Lipinski definition) is 1. The molecule has 21 heavy (non-hydrogen) atoms. The molecule has 0 amide bonds. The van der Waals surface area contributed by atoms with Gasteiger partial charge in [0, 0.05) is 20.5 Å². The summed E-state index contributed by atoms with van der Waals surface area (Å²) in [5.41, 5.74) is 6.75. The summed E-state index contributed by atoms with van der Waals surface area (Å²) in [6.45, 7) is 0.631. The molecule has 0 saturated carbocycles. The van der Waals surface area contributed by atoms with Crippen LogP contribution in [0.5, 0.6) is 0 Å². The van der Waals surface area contributed by atoms with Crippen molar-refractivity contribution < 1.29 is 8.42 Å². The van der Waals surface area contributed by atoms with Crippen LogP contribution < -0.4 is 5.73 Å². The van der Waals surface area contributed by atoms with Crippen LogP contribution in [0.25, 0.3) is 0 Å². The third kappa shape index (κ3) is 4.57. The van der Waals surface area contributed by atoms with E-state index in [-0.39, 0.29) is 0 Å². The van der Waals surface area contributed by atoms with Gasteiger partial charge < -0.3 is 5.73 Å². The average Bonchev–Trinajstić information content (AvgIpc) is 2.42. The molecule has 0 heterocycles. The number of rotatable bonds is 5. The van der Waals surface area contributed by atoms with E-state index in [0.717, 1.165) is 20.7 Å². The summed E-state index contributed by atoms with van der Waals surface area (Å²) < 4.78 is 23.9. The van der Waals surface area contributed by atoms with Crippen LogP contribution in [0.2, 0.25) is 0 Å². The van der Waals surface area contributed by atoms with E-state index in [1.54, 1.807) is 23.9 Å². The van der Waals surface area contributed by atoms with Gasteiger partial charge in [0.1, 0.15) is 0 Å². The Bertz CT molecular complexity index is 728. The van der Waals surface area contributed by atoms with Crippen molar-refractivity contribution >= 4 is 37.5 Å². The van der Waals surface area contributed by atoms with Crippen LogP contribution in [0.1, 0.15) is 5.56 Å². The van der Waals surface area contributed by atoms with E-state index in [0.29, 0.717) is 11.4 Å². The van der Waals surface area contributed by atoms with Gasteiger partial charge in [-0.1, -0.05) is 17.8 Å². The van der Waals surface area contributed by atoms with Gasteiger partial charge in [0.15, 0.2) is 9.84 Å². The van der Waals surface area contributed by atoms with E-state index < -0.39 is 9.84 Å². The fourth-order valence-corrected chi connectivity index (χ4v) is 3.95. The van der Waals surface area contributed by atoms with Crippen LogP contribution in [0.3, 0.4) is 0 Å². The first-order chi connectivity index (χ1) is 9.90. The minimum Gasteiger partial charge on any atom is -0.330 e. The molecule has 0 spiro atoms. The van der Waals surface area contributed by atoms with E-state index in [9.17, 15) is 8.42 Å². The highest BCUT2D eigenvalue weighted by Crippen LogP contribution is 2.34. The van der Waals surface area contributed by atoms with Crippen molar-refractivity contribution in [3.05, 3.63) is 52.5 Å². The minimum absolute atomic E-state index is 0.337. The molecule has 0 radical (unpaired) electrons. The van der Waals surface area contributed by atoms with E-state index in [1.165, 1.54) is 11.8 Å². The summed E-state index contributed by atoms with van der Waals surface area (Å²) in [5, 5.41) is 0. The van der Waals surface area contributed by atoms with Gasteiger partial charge in [0.25, 0.3) is 0 Å². The van der Waals surface area contributed by atoms with Crippen LogP contribution in [0.15, 0.2) is 61.6 Å². The third-order valence-corrected chi connectivity index (χ3v) is 6.04. The monoisotopic (exact) mass is 385 g/mol. The molecule has 112 valence electrons. The molecule has 0 aliphatic rings. The van der Waals surface area contributed by atoms with E-state index in [1.807, 2.05) is 18.2 Å². The first-order valence-corrected chi connectivity index (χ1v) is 9.87. The Hall–Kier alpha value is -0.820.